The molecule has 0 saturated carbocycles. The van der Waals surface area contributed by atoms with E-state index in [0.29, 0.717) is 35.6 Å². The molecule has 0 bridgehead atoms. The molecule has 0 aliphatic heterocycles. The monoisotopic (exact) mass is 494 g/mol. The number of nitrogens with zero attached hydrogens (tertiary/aromatic N) is 1. The van der Waals surface area contributed by atoms with Crippen molar-refractivity contribution in [1.82, 2.24) is 15.4 Å². The van der Waals surface area contributed by atoms with Gasteiger partial charge in [-0.15, -0.1) is 24.0 Å². The van der Waals surface area contributed by atoms with Crippen LogP contribution in [0.3, 0.4) is 0 Å². The summed E-state index contributed by atoms with van der Waals surface area (Å²) in [5.41, 5.74) is 0.859. The summed E-state index contributed by atoms with van der Waals surface area (Å²) in [6, 6.07) is 5.25. The number of aliphatic imine (C=N–C) groups is 1. The first-order chi connectivity index (χ1) is 10.3. The van der Waals surface area contributed by atoms with Crippen molar-refractivity contribution in [2.45, 2.75) is 13.5 Å². The summed E-state index contributed by atoms with van der Waals surface area (Å²) in [6.07, 6.45) is 1.12. The minimum atomic E-state index is -3.18. The molecule has 132 valence electrons. The Morgan fingerprint density at radius 2 is 1.91 bits per heavy atom. The molecule has 0 radical (unpaired) electrons. The van der Waals surface area contributed by atoms with Crippen molar-refractivity contribution in [2.24, 2.45) is 4.99 Å². The van der Waals surface area contributed by atoms with Crippen LogP contribution in [0.2, 0.25) is 10.0 Å². The summed E-state index contributed by atoms with van der Waals surface area (Å²) in [6.45, 7) is 3.74. The Hall–Kier alpha value is -0.290. The van der Waals surface area contributed by atoms with Gasteiger partial charge in [0.15, 0.2) is 5.96 Å². The zero-order chi connectivity index (χ0) is 16.6. The maximum Gasteiger partial charge on any atom is 0.208 e. The molecule has 0 spiro atoms. The number of guanidine groups is 1. The van der Waals surface area contributed by atoms with Gasteiger partial charge < -0.3 is 10.6 Å². The van der Waals surface area contributed by atoms with Crippen LogP contribution in [0.25, 0.3) is 0 Å². The first-order valence-corrected chi connectivity index (χ1v) is 9.37. The fourth-order valence-electron chi connectivity index (χ4n) is 1.57. The highest BCUT2D eigenvalue weighted by Crippen LogP contribution is 2.21. The van der Waals surface area contributed by atoms with Crippen molar-refractivity contribution < 1.29 is 8.42 Å². The van der Waals surface area contributed by atoms with E-state index in [0.717, 1.165) is 11.8 Å². The molecule has 0 saturated heterocycles. The number of nitrogens with one attached hydrogen (secondary N) is 3. The molecule has 0 amide bonds. The topological polar surface area (TPSA) is 82.6 Å². The second-order valence-corrected chi connectivity index (χ2v) is 7.20. The minimum absolute atomic E-state index is 0. The Balaban J connectivity index is 0.00000484. The van der Waals surface area contributed by atoms with E-state index in [1.165, 1.54) is 0 Å². The van der Waals surface area contributed by atoms with Gasteiger partial charge in [0, 0.05) is 29.7 Å². The molecule has 6 nitrogen and oxygen atoms in total. The number of halogens is 3. The summed E-state index contributed by atoms with van der Waals surface area (Å²) in [4.78, 5) is 4.40. The fourth-order valence-corrected chi connectivity index (χ4v) is 2.51. The van der Waals surface area contributed by atoms with Gasteiger partial charge in [0.1, 0.15) is 0 Å². The average Bonchev–Trinajstić information content (AvgIpc) is 2.41. The van der Waals surface area contributed by atoms with Crippen LogP contribution in [0.1, 0.15) is 12.5 Å². The highest BCUT2D eigenvalue weighted by molar-refractivity contribution is 14.0. The fraction of sp³-hybridized carbons (Fsp3) is 0.462. The van der Waals surface area contributed by atoms with Gasteiger partial charge in [-0.3, -0.25) is 0 Å². The molecule has 1 rings (SSSR count). The van der Waals surface area contributed by atoms with Crippen molar-refractivity contribution in [2.75, 3.05) is 25.9 Å². The maximum atomic E-state index is 11.0. The number of rotatable bonds is 7. The Bertz CT molecular complexity index is 626. The van der Waals surface area contributed by atoms with Gasteiger partial charge in [0.05, 0.1) is 12.8 Å². The third-order valence-corrected chi connectivity index (χ3v) is 3.86. The van der Waals surface area contributed by atoms with Crippen LogP contribution in [0.5, 0.6) is 0 Å². The highest BCUT2D eigenvalue weighted by Gasteiger charge is 2.03. The van der Waals surface area contributed by atoms with Crippen LogP contribution in [-0.4, -0.2) is 40.3 Å². The van der Waals surface area contributed by atoms with Gasteiger partial charge in [-0.2, -0.15) is 0 Å². The van der Waals surface area contributed by atoms with Gasteiger partial charge in [0.25, 0.3) is 0 Å². The van der Waals surface area contributed by atoms with E-state index in [1.807, 2.05) is 13.0 Å². The van der Waals surface area contributed by atoms with E-state index in [1.54, 1.807) is 12.1 Å². The smallest absolute Gasteiger partial charge is 0.208 e. The zero-order valence-electron chi connectivity index (χ0n) is 12.9. The van der Waals surface area contributed by atoms with E-state index in [4.69, 9.17) is 23.2 Å². The van der Waals surface area contributed by atoms with Crippen molar-refractivity contribution in [3.05, 3.63) is 33.8 Å². The van der Waals surface area contributed by atoms with Crippen LogP contribution >= 0.6 is 47.2 Å². The average molecular weight is 495 g/mol. The summed E-state index contributed by atoms with van der Waals surface area (Å²) < 4.78 is 24.3. The van der Waals surface area contributed by atoms with E-state index in [2.05, 4.69) is 20.3 Å². The first kappa shape index (κ1) is 22.7. The molecule has 10 heteroatoms. The largest absolute Gasteiger partial charge is 0.357 e. The minimum Gasteiger partial charge on any atom is -0.357 e. The maximum absolute atomic E-state index is 11.0. The summed E-state index contributed by atoms with van der Waals surface area (Å²) in [5, 5.41) is 7.25. The molecule has 23 heavy (non-hydrogen) atoms. The van der Waals surface area contributed by atoms with Crippen LogP contribution in [0, 0.1) is 0 Å². The van der Waals surface area contributed by atoms with E-state index in [-0.39, 0.29) is 30.5 Å². The van der Waals surface area contributed by atoms with Crippen LogP contribution in [0.4, 0.5) is 0 Å². The number of hydrogen-bond donors (Lipinski definition) is 3. The highest BCUT2D eigenvalue weighted by atomic mass is 127. The Labute approximate surface area is 164 Å². The van der Waals surface area contributed by atoms with Gasteiger partial charge in [-0.25, -0.2) is 18.1 Å². The molecule has 1 aromatic rings. The Morgan fingerprint density at radius 3 is 2.48 bits per heavy atom. The molecule has 0 aliphatic rings. The van der Waals surface area contributed by atoms with Crippen molar-refractivity contribution in [3.63, 3.8) is 0 Å². The summed E-state index contributed by atoms with van der Waals surface area (Å²) in [7, 11) is -3.18. The Morgan fingerprint density at radius 1 is 1.22 bits per heavy atom. The SMILES string of the molecule is CCNC(=NCc1ccc(Cl)cc1Cl)NCCNS(C)(=O)=O.I. The van der Waals surface area contributed by atoms with Gasteiger partial charge in [-0.1, -0.05) is 29.3 Å². The number of benzene rings is 1. The van der Waals surface area contributed by atoms with E-state index < -0.39 is 10.0 Å². The van der Waals surface area contributed by atoms with Crippen LogP contribution in [0.15, 0.2) is 23.2 Å². The third-order valence-electron chi connectivity index (χ3n) is 2.55. The lowest BCUT2D eigenvalue weighted by Gasteiger charge is -2.11. The normalized spacial score (nSPS) is 11.7. The number of hydrogen-bond acceptors (Lipinski definition) is 3. The van der Waals surface area contributed by atoms with Crippen molar-refractivity contribution in [3.8, 4) is 0 Å². The quantitative estimate of drug-likeness (QED) is 0.235. The lowest BCUT2D eigenvalue weighted by atomic mass is 10.2. The molecule has 1 aromatic carbocycles. The predicted molar refractivity (Wildman–Crippen MR) is 108 cm³/mol. The molecule has 0 atom stereocenters. The summed E-state index contributed by atoms with van der Waals surface area (Å²) >= 11 is 11.9. The lowest BCUT2D eigenvalue weighted by molar-refractivity contribution is 0.586. The molecule has 0 aromatic heterocycles. The first-order valence-electron chi connectivity index (χ1n) is 6.72. The van der Waals surface area contributed by atoms with Gasteiger partial charge >= 0.3 is 0 Å². The lowest BCUT2D eigenvalue weighted by Crippen LogP contribution is -2.41. The van der Waals surface area contributed by atoms with Crippen molar-refractivity contribution in [1.29, 1.82) is 0 Å². The third kappa shape index (κ3) is 10.2. The molecule has 0 fully saturated rings. The van der Waals surface area contributed by atoms with E-state index >= 15 is 0 Å². The molecule has 0 unspecified atom stereocenters. The standard InChI is InChI=1S/C13H20Cl2N4O2S.HI/c1-3-16-13(17-6-7-19-22(2,20)21)18-9-10-4-5-11(14)8-12(10)15;/h4-5,8,19H,3,6-7,9H2,1-2H3,(H2,16,17,18);1H. The van der Waals surface area contributed by atoms with Gasteiger partial charge in [-0.05, 0) is 24.6 Å². The predicted octanol–water partition coefficient (Wildman–Crippen LogP) is 2.22. The second-order valence-electron chi connectivity index (χ2n) is 4.52. The molecular weight excluding hydrogens is 474 g/mol. The zero-order valence-corrected chi connectivity index (χ0v) is 17.6. The van der Waals surface area contributed by atoms with Crippen molar-refractivity contribution >= 4 is 63.2 Å². The number of sulfonamides is 1. The molecule has 3 N–H and O–H groups in total. The molecule has 0 heterocycles. The van der Waals surface area contributed by atoms with Crippen LogP contribution in [-0.2, 0) is 16.6 Å². The Kier molecular flexibility index (Phi) is 11.2. The second kappa shape index (κ2) is 11.3. The molecular formula is C13H21Cl2IN4O2S. The molecule has 0 aliphatic carbocycles. The summed E-state index contributed by atoms with van der Waals surface area (Å²) in [5.74, 6) is 0.587. The van der Waals surface area contributed by atoms with E-state index in [9.17, 15) is 8.42 Å². The van der Waals surface area contributed by atoms with Gasteiger partial charge in [0.2, 0.25) is 10.0 Å². The van der Waals surface area contributed by atoms with Crippen LogP contribution < -0.4 is 15.4 Å².